The molecule has 1 heterocycles. The van der Waals surface area contributed by atoms with E-state index in [-0.39, 0.29) is 12.0 Å². The Hall–Kier alpha value is -2.68. The average molecular weight is 390 g/mol. The van der Waals surface area contributed by atoms with Gasteiger partial charge in [-0.25, -0.2) is 4.79 Å². The fourth-order valence-electron chi connectivity index (χ4n) is 2.46. The first-order valence-electron chi connectivity index (χ1n) is 8.90. The summed E-state index contributed by atoms with van der Waals surface area (Å²) in [4.78, 5) is 16.0. The fourth-order valence-corrected chi connectivity index (χ4v) is 3.11. The zero-order valence-electron chi connectivity index (χ0n) is 15.7. The van der Waals surface area contributed by atoms with Gasteiger partial charge in [-0.3, -0.25) is 10.3 Å². The molecule has 0 radical (unpaired) electrons. The predicted molar refractivity (Wildman–Crippen MR) is 110 cm³/mol. The lowest BCUT2D eigenvalue weighted by Crippen LogP contribution is -2.44. The summed E-state index contributed by atoms with van der Waals surface area (Å²) >= 11 is 1.36. The molecule has 0 saturated heterocycles. The van der Waals surface area contributed by atoms with E-state index < -0.39 is 0 Å². The van der Waals surface area contributed by atoms with Crippen molar-refractivity contribution in [2.45, 2.75) is 33.1 Å². The van der Waals surface area contributed by atoms with Gasteiger partial charge in [-0.1, -0.05) is 48.1 Å². The van der Waals surface area contributed by atoms with E-state index >= 15 is 0 Å². The summed E-state index contributed by atoms with van der Waals surface area (Å²) in [5.41, 5.74) is 13.8. The first-order valence-corrected chi connectivity index (χ1v) is 9.72. The lowest BCUT2D eigenvalue weighted by atomic mass is 10.0. The van der Waals surface area contributed by atoms with Gasteiger partial charge in [-0.05, 0) is 31.2 Å². The molecule has 2 rings (SSSR count). The van der Waals surface area contributed by atoms with E-state index in [1.165, 1.54) is 22.5 Å². The van der Waals surface area contributed by atoms with Crippen LogP contribution >= 0.6 is 11.3 Å². The van der Waals surface area contributed by atoms with Crippen LogP contribution in [0.5, 0.6) is 0 Å². The Labute approximate surface area is 163 Å². The van der Waals surface area contributed by atoms with Crippen LogP contribution in [0.15, 0.2) is 29.3 Å². The average Bonchev–Trinajstić information content (AvgIpc) is 3.04. The first kappa shape index (κ1) is 20.6. The maximum Gasteiger partial charge on any atom is 0.321 e. The second-order valence-corrected chi connectivity index (χ2v) is 7.63. The lowest BCUT2D eigenvalue weighted by molar-refractivity contribution is 0.243. The zero-order chi connectivity index (χ0) is 19.6. The third-order valence-corrected chi connectivity index (χ3v) is 4.68. The number of aromatic nitrogens is 2. The van der Waals surface area contributed by atoms with E-state index in [2.05, 4.69) is 63.9 Å². The Morgan fingerprint density at radius 3 is 2.70 bits per heavy atom. The van der Waals surface area contributed by atoms with Gasteiger partial charge in [-0.15, -0.1) is 10.2 Å². The highest BCUT2D eigenvalue weighted by atomic mass is 32.1. The van der Waals surface area contributed by atoms with E-state index in [1.807, 2.05) is 0 Å². The van der Waals surface area contributed by atoms with Crippen molar-refractivity contribution in [3.8, 4) is 0 Å². The van der Waals surface area contributed by atoms with Crippen molar-refractivity contribution in [3.63, 3.8) is 0 Å². The van der Waals surface area contributed by atoms with Gasteiger partial charge in [-0.2, -0.15) is 0 Å². The molecular weight excluding hydrogens is 362 g/mol. The molecule has 2 aromatic rings. The van der Waals surface area contributed by atoms with E-state index in [9.17, 15) is 4.79 Å². The quantitative estimate of drug-likeness (QED) is 0.311. The maximum atomic E-state index is 11.9. The minimum atomic E-state index is -0.344. The van der Waals surface area contributed by atoms with E-state index in [0.717, 1.165) is 24.3 Å². The van der Waals surface area contributed by atoms with Gasteiger partial charge in [0.15, 0.2) is 5.96 Å². The van der Waals surface area contributed by atoms with Gasteiger partial charge in [0.2, 0.25) is 5.13 Å². The van der Waals surface area contributed by atoms with E-state index in [1.54, 1.807) is 0 Å². The third-order valence-electron chi connectivity index (χ3n) is 3.87. The molecule has 2 amide bonds. The Morgan fingerprint density at radius 2 is 2.04 bits per heavy atom. The second-order valence-electron chi connectivity index (χ2n) is 6.53. The highest BCUT2D eigenvalue weighted by Gasteiger charge is 2.07. The topological polar surface area (TPSA) is 131 Å². The molecule has 1 aromatic carbocycles. The maximum absolute atomic E-state index is 11.9. The molecule has 0 aliphatic rings. The van der Waals surface area contributed by atoms with Crippen molar-refractivity contribution >= 4 is 28.5 Å². The minimum absolute atomic E-state index is 0.107. The second kappa shape index (κ2) is 10.5. The lowest BCUT2D eigenvalue weighted by Gasteiger charge is -2.13. The molecule has 1 unspecified atom stereocenters. The number of benzene rings is 1. The minimum Gasteiger partial charge on any atom is -0.374 e. The van der Waals surface area contributed by atoms with Crippen LogP contribution in [0.2, 0.25) is 0 Å². The van der Waals surface area contributed by atoms with Crippen molar-refractivity contribution in [2.75, 3.05) is 18.8 Å². The summed E-state index contributed by atoms with van der Waals surface area (Å²) in [5.74, 6) is 0.423. The normalized spacial score (nSPS) is 12.6. The summed E-state index contributed by atoms with van der Waals surface area (Å²) in [6.07, 6.45) is 2.39. The largest absolute Gasteiger partial charge is 0.374 e. The number of nitrogen functional groups attached to an aromatic ring is 1. The number of anilines is 1. The highest BCUT2D eigenvalue weighted by Crippen LogP contribution is 2.12. The van der Waals surface area contributed by atoms with Crippen LogP contribution in [0.25, 0.3) is 0 Å². The summed E-state index contributed by atoms with van der Waals surface area (Å²) in [6, 6.07) is 8.08. The van der Waals surface area contributed by atoms with Crippen molar-refractivity contribution in [1.29, 1.82) is 0 Å². The van der Waals surface area contributed by atoms with Gasteiger partial charge in [0.05, 0.1) is 0 Å². The molecule has 146 valence electrons. The van der Waals surface area contributed by atoms with Crippen LogP contribution in [0.4, 0.5) is 9.93 Å². The van der Waals surface area contributed by atoms with Crippen molar-refractivity contribution in [2.24, 2.45) is 16.6 Å². The monoisotopic (exact) mass is 389 g/mol. The molecule has 27 heavy (non-hydrogen) atoms. The van der Waals surface area contributed by atoms with Crippen molar-refractivity contribution < 1.29 is 4.79 Å². The van der Waals surface area contributed by atoms with Crippen LogP contribution in [0.3, 0.4) is 0 Å². The number of nitrogens with two attached hydrogens (primary N) is 2. The molecule has 8 nitrogen and oxygen atoms in total. The van der Waals surface area contributed by atoms with Gasteiger partial charge < -0.3 is 16.8 Å². The molecular formula is C18H27N7OS. The van der Waals surface area contributed by atoms with Crippen LogP contribution in [-0.4, -0.2) is 35.3 Å². The number of nitrogens with one attached hydrogen (secondary N) is 2. The van der Waals surface area contributed by atoms with Crippen molar-refractivity contribution in [1.82, 2.24) is 20.8 Å². The van der Waals surface area contributed by atoms with Crippen LogP contribution in [-0.2, 0) is 12.8 Å². The molecule has 9 heteroatoms. The fraction of sp³-hybridized carbons (Fsp3) is 0.444. The van der Waals surface area contributed by atoms with Gasteiger partial charge in [0.25, 0.3) is 0 Å². The standard InChI is InChI=1S/C18H27N7OS/c1-12-5-7-14(8-6-12)10-13(2)11-22-18(26)23-16(19)21-9-3-4-15-24-25-17(20)27-15/h5-8,13H,3-4,9-11H2,1-2H3,(H2,20,25)(H4,19,21,22,23,26). The van der Waals surface area contributed by atoms with E-state index in [4.69, 9.17) is 11.5 Å². The number of carbonyl (C=O) groups is 1. The Balaban J connectivity index is 1.62. The van der Waals surface area contributed by atoms with Crippen LogP contribution < -0.4 is 22.1 Å². The van der Waals surface area contributed by atoms with Crippen LogP contribution in [0.1, 0.15) is 29.5 Å². The molecule has 1 atom stereocenters. The number of hydrogen-bond acceptors (Lipinski definition) is 6. The molecule has 6 N–H and O–H groups in total. The smallest absolute Gasteiger partial charge is 0.321 e. The molecule has 1 aromatic heterocycles. The van der Waals surface area contributed by atoms with Gasteiger partial charge in [0.1, 0.15) is 5.01 Å². The summed E-state index contributed by atoms with van der Waals surface area (Å²) < 4.78 is 0. The van der Waals surface area contributed by atoms with Gasteiger partial charge >= 0.3 is 6.03 Å². The van der Waals surface area contributed by atoms with Crippen molar-refractivity contribution in [3.05, 3.63) is 40.4 Å². The number of urea groups is 1. The summed E-state index contributed by atoms with van der Waals surface area (Å²) in [7, 11) is 0. The Morgan fingerprint density at radius 1 is 1.30 bits per heavy atom. The SMILES string of the molecule is Cc1ccc(CC(C)CNC(=O)NC(N)=NCCCc2nnc(N)s2)cc1. The zero-order valence-corrected chi connectivity index (χ0v) is 16.6. The number of hydrogen-bond donors (Lipinski definition) is 4. The predicted octanol–water partition coefficient (Wildman–Crippen LogP) is 1.85. The molecule has 0 saturated carbocycles. The molecule has 0 spiro atoms. The van der Waals surface area contributed by atoms with Crippen LogP contribution in [0, 0.1) is 12.8 Å². The first-order chi connectivity index (χ1) is 12.9. The summed E-state index contributed by atoms with van der Waals surface area (Å²) in [5, 5.41) is 14.4. The molecule has 0 aliphatic carbocycles. The number of aryl methyl sites for hydroxylation is 2. The molecule has 0 aliphatic heterocycles. The number of carbonyl (C=O) groups excluding carboxylic acids is 1. The molecule has 0 fully saturated rings. The number of nitrogens with zero attached hydrogens (tertiary/aromatic N) is 3. The number of aliphatic imine (C=N–C) groups is 1. The molecule has 0 bridgehead atoms. The number of rotatable bonds is 8. The number of amides is 2. The highest BCUT2D eigenvalue weighted by molar-refractivity contribution is 7.15. The third kappa shape index (κ3) is 8.04. The van der Waals surface area contributed by atoms with Gasteiger partial charge in [0, 0.05) is 19.5 Å². The number of guanidine groups is 1. The Kier molecular flexibility index (Phi) is 8.00. The van der Waals surface area contributed by atoms with E-state index in [0.29, 0.717) is 24.1 Å². The Bertz CT molecular complexity index is 757. The summed E-state index contributed by atoms with van der Waals surface area (Å²) in [6.45, 7) is 5.22.